The molecule has 1 saturated carbocycles. The second-order valence-electron chi connectivity index (χ2n) is 6.55. The van der Waals surface area contributed by atoms with Crippen molar-refractivity contribution < 1.29 is 4.74 Å². The van der Waals surface area contributed by atoms with E-state index in [1.807, 2.05) is 7.05 Å². The molecule has 0 unspecified atom stereocenters. The van der Waals surface area contributed by atoms with Gasteiger partial charge in [0.1, 0.15) is 5.75 Å². The van der Waals surface area contributed by atoms with E-state index in [-0.39, 0.29) is 0 Å². The van der Waals surface area contributed by atoms with Gasteiger partial charge in [0.15, 0.2) is 0 Å². The monoisotopic (exact) mass is 261 g/mol. The van der Waals surface area contributed by atoms with Gasteiger partial charge in [-0.25, -0.2) is 0 Å². The van der Waals surface area contributed by atoms with Gasteiger partial charge >= 0.3 is 0 Å². The number of ether oxygens (including phenoxy) is 1. The normalized spacial score (nSPS) is 26.3. The number of hydrogen-bond donors (Lipinski definition) is 1. The third-order valence-corrected chi connectivity index (χ3v) is 4.04. The van der Waals surface area contributed by atoms with Gasteiger partial charge in [0, 0.05) is 12.0 Å². The van der Waals surface area contributed by atoms with Crippen molar-refractivity contribution >= 4 is 0 Å². The molecule has 0 saturated heterocycles. The standard InChI is InChI=1S/C17H27NO/c1-13(2)11-19-16-7-5-15(6-8-16)17(12-18-4)9-14(3)10-17/h5-8,13-14,18H,9-12H2,1-4H3. The summed E-state index contributed by atoms with van der Waals surface area (Å²) in [5, 5.41) is 3.35. The summed E-state index contributed by atoms with van der Waals surface area (Å²) in [7, 11) is 2.05. The van der Waals surface area contributed by atoms with Crippen LogP contribution in [0, 0.1) is 11.8 Å². The molecule has 1 fully saturated rings. The van der Waals surface area contributed by atoms with Crippen LogP contribution >= 0.6 is 0 Å². The van der Waals surface area contributed by atoms with E-state index in [9.17, 15) is 0 Å². The van der Waals surface area contributed by atoms with Crippen LogP contribution in [0.5, 0.6) is 5.75 Å². The van der Waals surface area contributed by atoms with Gasteiger partial charge in [-0.1, -0.05) is 32.9 Å². The van der Waals surface area contributed by atoms with Gasteiger partial charge in [-0.2, -0.15) is 0 Å². The SMILES string of the molecule is CNCC1(c2ccc(OCC(C)C)cc2)CC(C)C1. The first kappa shape index (κ1) is 14.4. The average Bonchev–Trinajstić information content (AvgIpc) is 2.35. The Morgan fingerprint density at radius 2 is 1.89 bits per heavy atom. The van der Waals surface area contributed by atoms with Gasteiger partial charge < -0.3 is 10.1 Å². The molecule has 1 aliphatic carbocycles. The number of benzene rings is 1. The van der Waals surface area contributed by atoms with E-state index in [0.29, 0.717) is 11.3 Å². The second-order valence-corrected chi connectivity index (χ2v) is 6.55. The Morgan fingerprint density at radius 1 is 1.26 bits per heavy atom. The fraction of sp³-hybridized carbons (Fsp3) is 0.647. The van der Waals surface area contributed by atoms with E-state index in [2.05, 4.69) is 50.4 Å². The highest BCUT2D eigenvalue weighted by Crippen LogP contribution is 2.47. The van der Waals surface area contributed by atoms with Crippen LogP contribution in [0.15, 0.2) is 24.3 Å². The second kappa shape index (κ2) is 5.96. The lowest BCUT2D eigenvalue weighted by molar-refractivity contribution is 0.155. The van der Waals surface area contributed by atoms with Crippen LogP contribution in [0.25, 0.3) is 0 Å². The zero-order chi connectivity index (χ0) is 13.9. The van der Waals surface area contributed by atoms with Crippen LogP contribution in [-0.2, 0) is 5.41 Å². The lowest BCUT2D eigenvalue weighted by Crippen LogP contribution is -2.47. The van der Waals surface area contributed by atoms with Crippen LogP contribution in [0.1, 0.15) is 39.2 Å². The fourth-order valence-corrected chi connectivity index (χ4v) is 3.26. The maximum Gasteiger partial charge on any atom is 0.119 e. The highest BCUT2D eigenvalue weighted by atomic mass is 16.5. The molecule has 0 heterocycles. The Bertz CT molecular complexity index is 385. The fourth-order valence-electron chi connectivity index (χ4n) is 3.26. The first-order chi connectivity index (χ1) is 9.05. The maximum absolute atomic E-state index is 5.75. The highest BCUT2D eigenvalue weighted by molar-refractivity contribution is 5.35. The van der Waals surface area contributed by atoms with Crippen molar-refractivity contribution in [3.8, 4) is 5.75 Å². The van der Waals surface area contributed by atoms with Gasteiger partial charge in [-0.15, -0.1) is 0 Å². The minimum Gasteiger partial charge on any atom is -0.493 e. The zero-order valence-corrected chi connectivity index (χ0v) is 12.7. The molecular formula is C17H27NO. The third kappa shape index (κ3) is 3.30. The van der Waals surface area contributed by atoms with Gasteiger partial charge in [-0.3, -0.25) is 0 Å². The molecular weight excluding hydrogens is 234 g/mol. The van der Waals surface area contributed by atoms with Crippen molar-refractivity contribution in [1.82, 2.24) is 5.32 Å². The van der Waals surface area contributed by atoms with Crippen molar-refractivity contribution in [2.45, 2.75) is 39.0 Å². The zero-order valence-electron chi connectivity index (χ0n) is 12.7. The van der Waals surface area contributed by atoms with Crippen LogP contribution in [0.4, 0.5) is 0 Å². The molecule has 1 aromatic rings. The molecule has 2 nitrogen and oxygen atoms in total. The van der Waals surface area contributed by atoms with Crippen molar-refractivity contribution in [3.63, 3.8) is 0 Å². The van der Waals surface area contributed by atoms with Gasteiger partial charge in [0.25, 0.3) is 0 Å². The van der Waals surface area contributed by atoms with Gasteiger partial charge in [0.2, 0.25) is 0 Å². The minimum absolute atomic E-state index is 0.352. The molecule has 1 N–H and O–H groups in total. The lowest BCUT2D eigenvalue weighted by Gasteiger charge is -2.47. The number of likely N-dealkylation sites (N-methyl/N-ethyl adjacent to an activating group) is 1. The summed E-state index contributed by atoms with van der Waals surface area (Å²) in [5.41, 5.74) is 1.81. The Morgan fingerprint density at radius 3 is 2.37 bits per heavy atom. The van der Waals surface area contributed by atoms with E-state index in [1.165, 1.54) is 18.4 Å². The van der Waals surface area contributed by atoms with Crippen molar-refractivity contribution in [3.05, 3.63) is 29.8 Å². The summed E-state index contributed by atoms with van der Waals surface area (Å²) >= 11 is 0. The summed E-state index contributed by atoms with van der Waals surface area (Å²) in [6.07, 6.45) is 2.58. The lowest BCUT2D eigenvalue weighted by atomic mass is 9.59. The maximum atomic E-state index is 5.75. The molecule has 2 rings (SSSR count). The molecule has 0 amide bonds. The largest absolute Gasteiger partial charge is 0.493 e. The quantitative estimate of drug-likeness (QED) is 0.844. The van der Waals surface area contributed by atoms with Gasteiger partial charge in [-0.05, 0) is 49.4 Å². The van der Waals surface area contributed by atoms with Crippen molar-refractivity contribution in [2.24, 2.45) is 11.8 Å². The third-order valence-electron chi connectivity index (χ3n) is 4.04. The Hall–Kier alpha value is -1.02. The van der Waals surface area contributed by atoms with Crippen LogP contribution < -0.4 is 10.1 Å². The minimum atomic E-state index is 0.352. The number of rotatable bonds is 6. The Kier molecular flexibility index (Phi) is 4.51. The van der Waals surface area contributed by atoms with Crippen LogP contribution in [0.3, 0.4) is 0 Å². The van der Waals surface area contributed by atoms with Crippen LogP contribution in [0.2, 0.25) is 0 Å². The molecule has 0 atom stereocenters. The average molecular weight is 261 g/mol. The molecule has 1 aromatic carbocycles. The van der Waals surface area contributed by atoms with Gasteiger partial charge in [0.05, 0.1) is 6.61 Å². The van der Waals surface area contributed by atoms with Crippen molar-refractivity contribution in [2.75, 3.05) is 20.2 Å². The summed E-state index contributed by atoms with van der Waals surface area (Å²) < 4.78 is 5.75. The Labute approximate surface area is 117 Å². The highest BCUT2D eigenvalue weighted by Gasteiger charge is 2.42. The molecule has 19 heavy (non-hydrogen) atoms. The predicted molar refractivity (Wildman–Crippen MR) is 80.8 cm³/mol. The number of hydrogen-bond acceptors (Lipinski definition) is 2. The topological polar surface area (TPSA) is 21.3 Å². The van der Waals surface area contributed by atoms with E-state index in [1.54, 1.807) is 0 Å². The summed E-state index contributed by atoms with van der Waals surface area (Å²) in [4.78, 5) is 0. The molecule has 106 valence electrons. The van der Waals surface area contributed by atoms with E-state index in [0.717, 1.165) is 24.8 Å². The molecule has 0 aromatic heterocycles. The van der Waals surface area contributed by atoms with Crippen molar-refractivity contribution in [1.29, 1.82) is 0 Å². The predicted octanol–water partition coefficient (Wildman–Crippen LogP) is 3.61. The molecule has 0 aliphatic heterocycles. The first-order valence-corrected chi connectivity index (χ1v) is 7.44. The Balaban J connectivity index is 2.04. The summed E-state index contributed by atoms with van der Waals surface area (Å²) in [5.74, 6) is 2.41. The van der Waals surface area contributed by atoms with E-state index >= 15 is 0 Å². The van der Waals surface area contributed by atoms with Crippen LogP contribution in [-0.4, -0.2) is 20.2 Å². The molecule has 0 spiro atoms. The molecule has 1 aliphatic rings. The molecule has 2 heteroatoms. The molecule has 0 radical (unpaired) electrons. The summed E-state index contributed by atoms with van der Waals surface area (Å²) in [6.45, 7) is 8.55. The van der Waals surface area contributed by atoms with E-state index < -0.39 is 0 Å². The molecule has 0 bridgehead atoms. The first-order valence-electron chi connectivity index (χ1n) is 7.44. The smallest absolute Gasteiger partial charge is 0.119 e. The summed E-state index contributed by atoms with van der Waals surface area (Å²) in [6, 6.07) is 8.74. The number of nitrogens with one attached hydrogen (secondary N) is 1. The van der Waals surface area contributed by atoms with E-state index in [4.69, 9.17) is 4.74 Å².